The maximum Gasteiger partial charge on any atom is 0.416 e. The van der Waals surface area contributed by atoms with E-state index in [4.69, 9.17) is 4.99 Å². The molecule has 3 fully saturated rings. The molecular formula is C21H26F3N3. The number of aliphatic imine (C=N–C) groups is 1. The van der Waals surface area contributed by atoms with Crippen molar-refractivity contribution in [1.82, 2.24) is 10.2 Å². The fourth-order valence-electron chi connectivity index (χ4n) is 6.21. The summed E-state index contributed by atoms with van der Waals surface area (Å²) in [4.78, 5) is 7.76. The lowest BCUT2D eigenvalue weighted by atomic mass is 9.69. The SMILES string of the molecule is FC(F)(F)c1ccc(C2C3CCC(C3)C23CCC(N2CCNCC2)=N3)cc1. The molecule has 1 N–H and O–H groups in total. The van der Waals surface area contributed by atoms with Crippen LogP contribution in [0.4, 0.5) is 13.2 Å². The van der Waals surface area contributed by atoms with Gasteiger partial charge in [-0.3, -0.25) is 4.99 Å². The fraction of sp³-hybridized carbons (Fsp3) is 0.667. The molecule has 3 nitrogen and oxygen atoms in total. The number of amidine groups is 1. The van der Waals surface area contributed by atoms with Crippen LogP contribution in [0.2, 0.25) is 0 Å². The lowest BCUT2D eigenvalue weighted by Crippen LogP contribution is -2.46. The van der Waals surface area contributed by atoms with Crippen LogP contribution in [0.15, 0.2) is 29.3 Å². The van der Waals surface area contributed by atoms with Crippen molar-refractivity contribution in [2.75, 3.05) is 26.2 Å². The minimum atomic E-state index is -4.27. The molecule has 2 aliphatic carbocycles. The van der Waals surface area contributed by atoms with Crippen molar-refractivity contribution in [2.45, 2.75) is 49.7 Å². The highest BCUT2D eigenvalue weighted by Gasteiger charge is 2.60. The molecule has 4 atom stereocenters. The average molecular weight is 377 g/mol. The largest absolute Gasteiger partial charge is 0.416 e. The molecule has 6 heteroatoms. The quantitative estimate of drug-likeness (QED) is 0.799. The number of piperazine rings is 1. The first-order chi connectivity index (χ1) is 13.0. The van der Waals surface area contributed by atoms with E-state index < -0.39 is 11.7 Å². The predicted octanol–water partition coefficient (Wildman–Crippen LogP) is 4.06. The van der Waals surface area contributed by atoms with Crippen LogP contribution in [0.1, 0.15) is 49.1 Å². The summed E-state index contributed by atoms with van der Waals surface area (Å²) in [7, 11) is 0. The molecule has 1 saturated heterocycles. The van der Waals surface area contributed by atoms with Gasteiger partial charge in [0.05, 0.1) is 16.9 Å². The van der Waals surface area contributed by atoms with Crippen LogP contribution >= 0.6 is 0 Å². The lowest BCUT2D eigenvalue weighted by Gasteiger charge is -2.39. The van der Waals surface area contributed by atoms with Crippen LogP contribution in [0, 0.1) is 11.8 Å². The standard InChI is InChI=1S/C21H26F3N3/c22-21(23,24)16-4-1-14(2-5-16)19-15-3-6-17(13-15)20(19)8-7-18(26-20)27-11-9-25-10-12-27/h1-2,4-5,15,17,19,25H,3,6-13H2. The summed E-state index contributed by atoms with van der Waals surface area (Å²) in [6.07, 6.45) is 1.39. The Morgan fingerprint density at radius 1 is 1.07 bits per heavy atom. The zero-order valence-corrected chi connectivity index (χ0v) is 15.4. The highest BCUT2D eigenvalue weighted by Crippen LogP contribution is 2.63. The van der Waals surface area contributed by atoms with Crippen molar-refractivity contribution in [3.8, 4) is 0 Å². The Bertz CT molecular complexity index is 736. The van der Waals surface area contributed by atoms with E-state index in [9.17, 15) is 13.2 Å². The lowest BCUT2D eigenvalue weighted by molar-refractivity contribution is -0.137. The maximum absolute atomic E-state index is 13.0. The van der Waals surface area contributed by atoms with Crippen LogP contribution in [0.5, 0.6) is 0 Å². The molecule has 1 spiro atoms. The highest BCUT2D eigenvalue weighted by molar-refractivity contribution is 5.85. The molecule has 2 saturated carbocycles. The van der Waals surface area contributed by atoms with Crippen molar-refractivity contribution in [2.24, 2.45) is 16.8 Å². The number of nitrogens with one attached hydrogen (secondary N) is 1. The van der Waals surface area contributed by atoms with E-state index in [-0.39, 0.29) is 11.5 Å². The van der Waals surface area contributed by atoms with Crippen molar-refractivity contribution < 1.29 is 13.2 Å². The van der Waals surface area contributed by atoms with Crippen LogP contribution in [-0.4, -0.2) is 42.5 Å². The number of hydrogen-bond donors (Lipinski definition) is 1. The maximum atomic E-state index is 13.0. The summed E-state index contributed by atoms with van der Waals surface area (Å²) < 4.78 is 38.9. The van der Waals surface area contributed by atoms with Gasteiger partial charge in [0.15, 0.2) is 0 Å². The molecule has 0 amide bonds. The normalized spacial score (nSPS) is 35.9. The molecule has 1 aromatic rings. The van der Waals surface area contributed by atoms with Gasteiger partial charge in [-0.15, -0.1) is 0 Å². The second kappa shape index (κ2) is 6.23. The number of benzene rings is 1. The summed E-state index contributed by atoms with van der Waals surface area (Å²) in [5, 5.41) is 3.39. The minimum Gasteiger partial charge on any atom is -0.358 e. The zero-order chi connectivity index (χ0) is 18.6. The average Bonchev–Trinajstić information content (AvgIpc) is 3.37. The monoisotopic (exact) mass is 377 g/mol. The number of rotatable bonds is 1. The number of fused-ring (bicyclic) bond motifs is 3. The molecule has 1 aromatic carbocycles. The molecule has 4 aliphatic rings. The van der Waals surface area contributed by atoms with Crippen LogP contribution in [0.25, 0.3) is 0 Å². The minimum absolute atomic E-state index is 0.0805. The Morgan fingerprint density at radius 3 is 2.52 bits per heavy atom. The first-order valence-electron chi connectivity index (χ1n) is 10.2. The Balaban J connectivity index is 1.47. The number of hydrogen-bond acceptors (Lipinski definition) is 3. The van der Waals surface area contributed by atoms with Crippen LogP contribution in [-0.2, 0) is 6.18 Å². The van der Waals surface area contributed by atoms with E-state index in [1.807, 2.05) is 0 Å². The highest BCUT2D eigenvalue weighted by atomic mass is 19.4. The van der Waals surface area contributed by atoms with Crippen molar-refractivity contribution in [3.63, 3.8) is 0 Å². The van der Waals surface area contributed by atoms with Gasteiger partial charge >= 0.3 is 6.18 Å². The van der Waals surface area contributed by atoms with Gasteiger partial charge in [0.25, 0.3) is 0 Å². The summed E-state index contributed by atoms with van der Waals surface area (Å²) in [5.74, 6) is 2.67. The first kappa shape index (κ1) is 17.5. The Hall–Kier alpha value is -1.56. The smallest absolute Gasteiger partial charge is 0.358 e. The third kappa shape index (κ3) is 2.79. The van der Waals surface area contributed by atoms with E-state index in [1.165, 1.54) is 37.2 Å². The molecule has 0 aromatic heterocycles. The third-order valence-electron chi connectivity index (χ3n) is 7.36. The van der Waals surface area contributed by atoms with Crippen LogP contribution in [0.3, 0.4) is 0 Å². The molecule has 2 aliphatic heterocycles. The van der Waals surface area contributed by atoms with Gasteiger partial charge in [0.2, 0.25) is 0 Å². The van der Waals surface area contributed by atoms with E-state index in [1.54, 1.807) is 12.1 Å². The molecule has 4 unspecified atom stereocenters. The second-order valence-electron chi connectivity index (χ2n) is 8.62. The summed E-state index contributed by atoms with van der Waals surface area (Å²) in [6, 6.07) is 5.94. The molecule has 2 bridgehead atoms. The third-order valence-corrected chi connectivity index (χ3v) is 7.36. The Labute approximate surface area is 158 Å². The van der Waals surface area contributed by atoms with Gasteiger partial charge in [0, 0.05) is 38.5 Å². The zero-order valence-electron chi connectivity index (χ0n) is 15.4. The summed E-state index contributed by atoms with van der Waals surface area (Å²) in [6.45, 7) is 4.02. The van der Waals surface area contributed by atoms with E-state index in [0.29, 0.717) is 11.8 Å². The van der Waals surface area contributed by atoms with Gasteiger partial charge in [-0.1, -0.05) is 12.1 Å². The Morgan fingerprint density at radius 2 is 1.81 bits per heavy atom. The molecule has 146 valence electrons. The second-order valence-corrected chi connectivity index (χ2v) is 8.62. The van der Waals surface area contributed by atoms with E-state index >= 15 is 0 Å². The number of halogens is 3. The van der Waals surface area contributed by atoms with Gasteiger partial charge in [-0.05, 0) is 55.2 Å². The molecule has 5 rings (SSSR count). The topological polar surface area (TPSA) is 27.6 Å². The van der Waals surface area contributed by atoms with Gasteiger partial charge < -0.3 is 10.2 Å². The predicted molar refractivity (Wildman–Crippen MR) is 98.9 cm³/mol. The molecule has 27 heavy (non-hydrogen) atoms. The first-order valence-corrected chi connectivity index (χ1v) is 10.2. The van der Waals surface area contributed by atoms with Gasteiger partial charge in [-0.2, -0.15) is 13.2 Å². The van der Waals surface area contributed by atoms with Crippen LogP contribution < -0.4 is 5.32 Å². The van der Waals surface area contributed by atoms with Crippen molar-refractivity contribution >= 4 is 5.84 Å². The number of alkyl halides is 3. The molecule has 2 heterocycles. The van der Waals surface area contributed by atoms with Crippen molar-refractivity contribution in [3.05, 3.63) is 35.4 Å². The molecule has 0 radical (unpaired) electrons. The number of nitrogens with zero attached hydrogens (tertiary/aromatic N) is 2. The molecular weight excluding hydrogens is 351 g/mol. The van der Waals surface area contributed by atoms with Crippen molar-refractivity contribution in [1.29, 1.82) is 0 Å². The summed E-state index contributed by atoms with van der Waals surface area (Å²) in [5.41, 5.74) is 0.420. The van der Waals surface area contributed by atoms with E-state index in [0.717, 1.165) is 44.6 Å². The van der Waals surface area contributed by atoms with Gasteiger partial charge in [0.1, 0.15) is 0 Å². The van der Waals surface area contributed by atoms with E-state index in [2.05, 4.69) is 10.2 Å². The Kier molecular flexibility index (Phi) is 4.04. The van der Waals surface area contributed by atoms with Gasteiger partial charge in [-0.25, -0.2) is 0 Å². The summed E-state index contributed by atoms with van der Waals surface area (Å²) >= 11 is 0. The fourth-order valence-corrected chi connectivity index (χ4v) is 6.21.